The molecule has 2 aromatic carbocycles. The average molecular weight is 423 g/mol. The van der Waals surface area contributed by atoms with Gasteiger partial charge >= 0.3 is 0 Å². The number of aromatic nitrogens is 1. The maximum absolute atomic E-state index is 12.8. The minimum atomic E-state index is 0.109. The summed E-state index contributed by atoms with van der Waals surface area (Å²) in [6.45, 7) is 3.03. The van der Waals surface area contributed by atoms with Crippen LogP contribution in [0.25, 0.3) is 10.2 Å². The van der Waals surface area contributed by atoms with Crippen LogP contribution in [0.4, 0.5) is 0 Å². The van der Waals surface area contributed by atoms with Crippen LogP contribution >= 0.6 is 22.7 Å². The first-order chi connectivity index (χ1) is 14.1. The van der Waals surface area contributed by atoms with E-state index in [0.29, 0.717) is 13.1 Å². The van der Waals surface area contributed by atoms with E-state index in [-0.39, 0.29) is 11.9 Å². The van der Waals surface area contributed by atoms with E-state index in [1.807, 2.05) is 25.2 Å². The SMILES string of the molecule is Cc1ccc([C@H]([NH2+]CC(=O)N(C)Cc2nc3ccccc3s2)c2cccs2)cc1. The van der Waals surface area contributed by atoms with Gasteiger partial charge in [0.15, 0.2) is 6.54 Å². The summed E-state index contributed by atoms with van der Waals surface area (Å²) in [4.78, 5) is 20.5. The zero-order valence-electron chi connectivity index (χ0n) is 16.5. The van der Waals surface area contributed by atoms with Crippen molar-refractivity contribution in [2.24, 2.45) is 0 Å². The van der Waals surface area contributed by atoms with Crippen LogP contribution < -0.4 is 5.32 Å². The summed E-state index contributed by atoms with van der Waals surface area (Å²) in [5.74, 6) is 0.109. The molecule has 0 unspecified atom stereocenters. The summed E-state index contributed by atoms with van der Waals surface area (Å²) in [6.07, 6.45) is 0. The van der Waals surface area contributed by atoms with Crippen LogP contribution in [0, 0.1) is 6.92 Å². The fourth-order valence-corrected chi connectivity index (χ4v) is 5.18. The van der Waals surface area contributed by atoms with Crippen molar-refractivity contribution in [2.75, 3.05) is 13.6 Å². The fourth-order valence-electron chi connectivity index (χ4n) is 3.31. The molecular formula is C23H24N3OS2+. The molecule has 0 aliphatic carbocycles. The number of hydrogen-bond acceptors (Lipinski definition) is 4. The molecule has 4 rings (SSSR count). The lowest BCUT2D eigenvalue weighted by atomic mass is 10.0. The zero-order valence-corrected chi connectivity index (χ0v) is 18.2. The monoisotopic (exact) mass is 422 g/mol. The van der Waals surface area contributed by atoms with Crippen LogP contribution in [-0.4, -0.2) is 29.4 Å². The highest BCUT2D eigenvalue weighted by atomic mass is 32.1. The van der Waals surface area contributed by atoms with Crippen molar-refractivity contribution in [3.63, 3.8) is 0 Å². The van der Waals surface area contributed by atoms with Crippen molar-refractivity contribution >= 4 is 38.8 Å². The molecule has 0 radical (unpaired) electrons. The van der Waals surface area contributed by atoms with E-state index in [4.69, 9.17) is 0 Å². The van der Waals surface area contributed by atoms with Gasteiger partial charge in [-0.3, -0.25) is 4.79 Å². The number of likely N-dealkylation sites (N-methyl/N-ethyl adjacent to an activating group) is 1. The minimum Gasteiger partial charge on any atom is -0.334 e. The number of quaternary nitrogens is 1. The van der Waals surface area contributed by atoms with Crippen molar-refractivity contribution in [1.29, 1.82) is 0 Å². The number of carbonyl (C=O) groups excluding carboxylic acids is 1. The van der Waals surface area contributed by atoms with E-state index in [1.165, 1.54) is 16.0 Å². The van der Waals surface area contributed by atoms with Crippen molar-refractivity contribution in [1.82, 2.24) is 9.88 Å². The normalized spacial score (nSPS) is 12.2. The third kappa shape index (κ3) is 4.72. The van der Waals surface area contributed by atoms with Gasteiger partial charge in [0.25, 0.3) is 5.91 Å². The Balaban J connectivity index is 1.42. The molecule has 0 bridgehead atoms. The van der Waals surface area contributed by atoms with Crippen LogP contribution in [0.3, 0.4) is 0 Å². The van der Waals surface area contributed by atoms with Crippen LogP contribution in [0.15, 0.2) is 66.0 Å². The Labute approximate surface area is 178 Å². The first-order valence-electron chi connectivity index (χ1n) is 9.62. The molecule has 4 nitrogen and oxygen atoms in total. The Kier molecular flexibility index (Phi) is 6.04. The minimum absolute atomic E-state index is 0.109. The fraction of sp³-hybridized carbons (Fsp3) is 0.217. The predicted molar refractivity (Wildman–Crippen MR) is 120 cm³/mol. The molecule has 0 saturated heterocycles. The van der Waals surface area contributed by atoms with E-state index in [1.54, 1.807) is 27.6 Å². The number of thiazole rings is 1. The molecule has 6 heteroatoms. The molecule has 29 heavy (non-hydrogen) atoms. The van der Waals surface area contributed by atoms with Crippen LogP contribution in [-0.2, 0) is 11.3 Å². The maximum atomic E-state index is 12.8. The number of rotatable bonds is 7. The Morgan fingerprint density at radius 2 is 1.90 bits per heavy atom. The van der Waals surface area contributed by atoms with Crippen molar-refractivity contribution in [2.45, 2.75) is 19.5 Å². The molecule has 0 aliphatic heterocycles. The third-order valence-electron chi connectivity index (χ3n) is 4.95. The van der Waals surface area contributed by atoms with E-state index in [2.05, 4.69) is 65.1 Å². The molecule has 0 aliphatic rings. The highest BCUT2D eigenvalue weighted by Gasteiger charge is 2.21. The lowest BCUT2D eigenvalue weighted by Crippen LogP contribution is -2.87. The molecule has 0 saturated carbocycles. The predicted octanol–water partition coefficient (Wildman–Crippen LogP) is 3.98. The number of aryl methyl sites for hydroxylation is 1. The van der Waals surface area contributed by atoms with Gasteiger partial charge in [-0.15, -0.1) is 22.7 Å². The number of hydrogen-bond donors (Lipinski definition) is 1. The Hall–Kier alpha value is -2.54. The van der Waals surface area contributed by atoms with Gasteiger partial charge in [0, 0.05) is 12.6 Å². The highest BCUT2D eigenvalue weighted by molar-refractivity contribution is 7.18. The zero-order chi connectivity index (χ0) is 20.2. The Morgan fingerprint density at radius 1 is 1.10 bits per heavy atom. The molecule has 0 spiro atoms. The first-order valence-corrected chi connectivity index (χ1v) is 11.3. The molecule has 1 amide bonds. The number of carbonyl (C=O) groups is 1. The third-order valence-corrected chi connectivity index (χ3v) is 6.93. The maximum Gasteiger partial charge on any atom is 0.277 e. The summed E-state index contributed by atoms with van der Waals surface area (Å²) < 4.78 is 1.16. The molecule has 0 fully saturated rings. The summed E-state index contributed by atoms with van der Waals surface area (Å²) in [5, 5.41) is 5.19. The van der Waals surface area contributed by atoms with Crippen molar-refractivity contribution < 1.29 is 10.1 Å². The van der Waals surface area contributed by atoms with Crippen molar-refractivity contribution in [3.8, 4) is 0 Å². The van der Waals surface area contributed by atoms with Gasteiger partial charge in [-0.1, -0.05) is 48.0 Å². The summed E-state index contributed by atoms with van der Waals surface area (Å²) in [7, 11) is 1.86. The quantitative estimate of drug-likeness (QED) is 0.490. The first kappa shape index (κ1) is 19.8. The van der Waals surface area contributed by atoms with Crippen molar-refractivity contribution in [3.05, 3.63) is 87.1 Å². The van der Waals surface area contributed by atoms with Gasteiger partial charge in [-0.05, 0) is 30.5 Å². The second-order valence-electron chi connectivity index (χ2n) is 7.17. The Bertz CT molecular complexity index is 1050. The van der Waals surface area contributed by atoms with Gasteiger partial charge < -0.3 is 10.2 Å². The molecular weight excluding hydrogens is 398 g/mol. The number of nitrogens with zero attached hydrogens (tertiary/aromatic N) is 2. The number of para-hydroxylation sites is 1. The second kappa shape index (κ2) is 8.86. The molecule has 2 N–H and O–H groups in total. The molecule has 4 aromatic rings. The lowest BCUT2D eigenvalue weighted by molar-refractivity contribution is -0.676. The summed E-state index contributed by atoms with van der Waals surface area (Å²) in [6, 6.07) is 21.0. The summed E-state index contributed by atoms with van der Waals surface area (Å²) in [5.41, 5.74) is 3.46. The number of benzene rings is 2. The largest absolute Gasteiger partial charge is 0.334 e. The highest BCUT2D eigenvalue weighted by Crippen LogP contribution is 2.24. The summed E-state index contributed by atoms with van der Waals surface area (Å²) >= 11 is 3.38. The van der Waals surface area contributed by atoms with Gasteiger partial charge in [0.2, 0.25) is 0 Å². The standard InChI is InChI=1S/C23H23N3OS2/c1-16-9-11-17(12-10-16)23(20-8-5-13-28-20)24-14-22(27)26(2)15-21-25-18-6-3-4-7-19(18)29-21/h3-13,23-24H,14-15H2,1-2H3/p+1/t23-/m0/s1. The van der Waals surface area contributed by atoms with Gasteiger partial charge in [0.05, 0.1) is 21.6 Å². The van der Waals surface area contributed by atoms with E-state index >= 15 is 0 Å². The average Bonchev–Trinajstić information content (AvgIpc) is 3.38. The van der Waals surface area contributed by atoms with Gasteiger partial charge in [-0.25, -0.2) is 4.98 Å². The van der Waals surface area contributed by atoms with Gasteiger partial charge in [-0.2, -0.15) is 0 Å². The topological polar surface area (TPSA) is 49.8 Å². The molecule has 1 atom stereocenters. The lowest BCUT2D eigenvalue weighted by Gasteiger charge is -2.18. The van der Waals surface area contributed by atoms with Gasteiger partial charge in [0.1, 0.15) is 11.0 Å². The Morgan fingerprint density at radius 3 is 2.62 bits per heavy atom. The second-order valence-corrected chi connectivity index (χ2v) is 9.26. The van der Waals surface area contributed by atoms with E-state index in [9.17, 15) is 4.79 Å². The number of nitrogens with two attached hydrogens (primary N) is 1. The molecule has 148 valence electrons. The van der Waals surface area contributed by atoms with Crippen LogP contribution in [0.5, 0.6) is 0 Å². The number of amides is 1. The molecule has 2 heterocycles. The van der Waals surface area contributed by atoms with Crippen LogP contribution in [0.2, 0.25) is 0 Å². The van der Waals surface area contributed by atoms with E-state index < -0.39 is 0 Å². The smallest absolute Gasteiger partial charge is 0.277 e. The molecule has 2 aromatic heterocycles. The number of fused-ring (bicyclic) bond motifs is 1. The van der Waals surface area contributed by atoms with Crippen LogP contribution in [0.1, 0.15) is 27.1 Å². The van der Waals surface area contributed by atoms with E-state index in [0.717, 1.165) is 15.2 Å². The number of thiophene rings is 1.